The highest BCUT2D eigenvalue weighted by Crippen LogP contribution is 2.53. The summed E-state index contributed by atoms with van der Waals surface area (Å²) in [7, 11) is 0. The Bertz CT molecular complexity index is 1110. The number of hydrogen-bond donors (Lipinski definition) is 2. The van der Waals surface area contributed by atoms with Gasteiger partial charge in [-0.05, 0) is 53.4 Å². The molecule has 0 aromatic heterocycles. The molecule has 33 heavy (non-hydrogen) atoms. The zero-order valence-electron chi connectivity index (χ0n) is 18.2. The quantitative estimate of drug-likeness (QED) is 0.710. The Morgan fingerprint density at radius 3 is 2.30 bits per heavy atom. The van der Waals surface area contributed by atoms with Gasteiger partial charge in [0.15, 0.2) is 0 Å². The molecule has 7 rings (SSSR count). The molecule has 3 aliphatic carbocycles. The van der Waals surface area contributed by atoms with Crippen molar-refractivity contribution in [3.63, 3.8) is 0 Å². The Morgan fingerprint density at radius 1 is 1.03 bits per heavy atom. The number of amides is 2. The fourth-order valence-corrected chi connectivity index (χ4v) is 6.11. The normalized spacial score (nSPS) is 28.5. The van der Waals surface area contributed by atoms with Gasteiger partial charge in [-0.2, -0.15) is 0 Å². The van der Waals surface area contributed by atoms with E-state index in [-0.39, 0.29) is 30.3 Å². The van der Waals surface area contributed by atoms with E-state index >= 15 is 0 Å². The maximum Gasteiger partial charge on any atom is 0.407 e. The van der Waals surface area contributed by atoms with Crippen LogP contribution in [0.5, 0.6) is 0 Å². The van der Waals surface area contributed by atoms with Crippen molar-refractivity contribution < 1.29 is 24.2 Å². The molecule has 2 aromatic rings. The molecule has 2 amide bonds. The Hall–Kier alpha value is -3.35. The van der Waals surface area contributed by atoms with E-state index in [1.807, 2.05) is 24.3 Å². The van der Waals surface area contributed by atoms with E-state index in [9.17, 15) is 19.5 Å². The van der Waals surface area contributed by atoms with Crippen LogP contribution in [0.3, 0.4) is 0 Å². The van der Waals surface area contributed by atoms with Crippen molar-refractivity contribution in [2.75, 3.05) is 19.7 Å². The Labute approximate surface area is 191 Å². The fraction of sp³-hybridized carbons (Fsp3) is 0.423. The predicted molar refractivity (Wildman–Crippen MR) is 119 cm³/mol. The standard InChI is InChI=1S/C26H26N2O5/c29-23(28-13-15-10-26(28,11-15)24(30)31)21-9-16(21)12-27-25(32)33-14-22-19-7-3-1-5-17(19)18-6-2-4-8-20(18)22/h1-8,15-16,21-22H,9-14H2,(H,27,32)(H,30,31). The topological polar surface area (TPSA) is 95.9 Å². The van der Waals surface area contributed by atoms with Gasteiger partial charge in [-0.25, -0.2) is 9.59 Å². The van der Waals surface area contributed by atoms with E-state index in [1.54, 1.807) is 4.90 Å². The van der Waals surface area contributed by atoms with Gasteiger partial charge < -0.3 is 20.1 Å². The van der Waals surface area contributed by atoms with Crippen LogP contribution in [0.2, 0.25) is 0 Å². The van der Waals surface area contributed by atoms with Gasteiger partial charge in [-0.3, -0.25) is 4.79 Å². The van der Waals surface area contributed by atoms with Gasteiger partial charge >= 0.3 is 12.1 Å². The Kier molecular flexibility index (Phi) is 4.50. The molecule has 2 saturated carbocycles. The number of aliphatic carboxylic acids is 1. The second-order valence-electron chi connectivity index (χ2n) is 9.87. The lowest BCUT2D eigenvalue weighted by Gasteiger charge is -2.37. The molecule has 5 aliphatic rings. The lowest BCUT2D eigenvalue weighted by molar-refractivity contribution is -0.159. The van der Waals surface area contributed by atoms with Crippen molar-refractivity contribution in [3.05, 3.63) is 59.7 Å². The third-order valence-corrected chi connectivity index (χ3v) is 7.97. The van der Waals surface area contributed by atoms with Crippen LogP contribution in [0.4, 0.5) is 4.79 Å². The number of nitrogens with one attached hydrogen (secondary N) is 1. The molecule has 2 saturated heterocycles. The minimum absolute atomic E-state index is 0.00673. The molecule has 2 heterocycles. The van der Waals surface area contributed by atoms with Gasteiger partial charge in [0.2, 0.25) is 5.91 Å². The number of rotatable bonds is 6. The third-order valence-electron chi connectivity index (χ3n) is 7.97. The first-order valence-electron chi connectivity index (χ1n) is 11.6. The zero-order valence-corrected chi connectivity index (χ0v) is 18.2. The Balaban J connectivity index is 1.02. The van der Waals surface area contributed by atoms with Crippen LogP contribution in [0, 0.1) is 17.8 Å². The molecule has 7 nitrogen and oxygen atoms in total. The smallest absolute Gasteiger partial charge is 0.407 e. The van der Waals surface area contributed by atoms with Crippen LogP contribution in [0.15, 0.2) is 48.5 Å². The average Bonchev–Trinajstić information content (AvgIpc) is 3.17. The second kappa shape index (κ2) is 7.33. The molecule has 2 atom stereocenters. The van der Waals surface area contributed by atoms with Crippen molar-refractivity contribution in [3.8, 4) is 11.1 Å². The minimum Gasteiger partial charge on any atom is -0.479 e. The van der Waals surface area contributed by atoms with Crippen LogP contribution in [0.25, 0.3) is 11.1 Å². The molecule has 7 heteroatoms. The molecule has 2 aliphatic heterocycles. The van der Waals surface area contributed by atoms with E-state index < -0.39 is 17.6 Å². The van der Waals surface area contributed by atoms with Crippen molar-refractivity contribution in [1.29, 1.82) is 0 Å². The first-order chi connectivity index (χ1) is 16.0. The molecular weight excluding hydrogens is 420 g/mol. The van der Waals surface area contributed by atoms with Crippen LogP contribution < -0.4 is 5.32 Å². The highest BCUT2D eigenvalue weighted by Gasteiger charge is 2.64. The lowest BCUT2D eigenvalue weighted by Crippen LogP contribution is -2.55. The van der Waals surface area contributed by atoms with Gasteiger partial charge in [0, 0.05) is 24.9 Å². The number of hydrogen-bond acceptors (Lipinski definition) is 4. The van der Waals surface area contributed by atoms with Gasteiger partial charge in [0.05, 0.1) is 0 Å². The number of carboxylic acids is 1. The van der Waals surface area contributed by atoms with Crippen molar-refractivity contribution >= 4 is 18.0 Å². The van der Waals surface area contributed by atoms with Gasteiger partial charge in [-0.1, -0.05) is 48.5 Å². The fourth-order valence-electron chi connectivity index (χ4n) is 6.11. The molecule has 2 aromatic carbocycles. The summed E-state index contributed by atoms with van der Waals surface area (Å²) in [6, 6.07) is 16.4. The third kappa shape index (κ3) is 3.13. The molecule has 170 valence electrons. The number of benzene rings is 2. The molecule has 2 N–H and O–H groups in total. The molecule has 4 fully saturated rings. The number of fused-ring (bicyclic) bond motifs is 4. The summed E-state index contributed by atoms with van der Waals surface area (Å²) in [6.07, 6.45) is 1.34. The zero-order chi connectivity index (χ0) is 22.7. The van der Waals surface area contributed by atoms with Crippen molar-refractivity contribution in [1.82, 2.24) is 10.2 Å². The number of carboxylic acid groups (broad SMARTS) is 1. The monoisotopic (exact) mass is 446 g/mol. The largest absolute Gasteiger partial charge is 0.479 e. The van der Waals surface area contributed by atoms with E-state index in [2.05, 4.69) is 29.6 Å². The first-order valence-corrected chi connectivity index (χ1v) is 11.6. The lowest BCUT2D eigenvalue weighted by atomic mass is 9.73. The SMILES string of the molecule is O=C(NCC1CC1C(=O)N1CC2CC1(C(=O)O)C2)OCC1c2ccccc2-c2ccccc21. The van der Waals surface area contributed by atoms with E-state index in [0.717, 1.165) is 11.1 Å². The minimum atomic E-state index is -0.977. The first kappa shape index (κ1) is 20.3. The maximum atomic E-state index is 12.9. The number of carbonyl (C=O) groups is 3. The number of carbonyl (C=O) groups excluding carboxylic acids is 2. The summed E-state index contributed by atoms with van der Waals surface area (Å²) in [4.78, 5) is 38.5. The van der Waals surface area contributed by atoms with Crippen molar-refractivity contribution in [2.24, 2.45) is 17.8 Å². The summed E-state index contributed by atoms with van der Waals surface area (Å²) < 4.78 is 5.56. The summed E-state index contributed by atoms with van der Waals surface area (Å²) in [5.74, 6) is -0.792. The molecule has 0 radical (unpaired) electrons. The van der Waals surface area contributed by atoms with E-state index in [4.69, 9.17) is 4.74 Å². The summed E-state index contributed by atoms with van der Waals surface area (Å²) >= 11 is 0. The molecular formula is C26H26N2O5. The van der Waals surface area contributed by atoms with E-state index in [1.165, 1.54) is 11.1 Å². The van der Waals surface area contributed by atoms with Crippen LogP contribution >= 0.6 is 0 Å². The summed E-state index contributed by atoms with van der Waals surface area (Å²) in [6.45, 7) is 1.17. The van der Waals surface area contributed by atoms with Gasteiger partial charge in [0.25, 0.3) is 0 Å². The second-order valence-corrected chi connectivity index (χ2v) is 9.87. The van der Waals surface area contributed by atoms with Crippen molar-refractivity contribution in [2.45, 2.75) is 30.7 Å². The predicted octanol–water partition coefficient (Wildman–Crippen LogP) is 3.24. The molecule has 2 unspecified atom stereocenters. The van der Waals surface area contributed by atoms with Crippen LogP contribution in [0.1, 0.15) is 36.3 Å². The van der Waals surface area contributed by atoms with Crippen LogP contribution in [-0.4, -0.2) is 53.2 Å². The van der Waals surface area contributed by atoms with E-state index in [0.29, 0.717) is 38.3 Å². The molecule has 2 bridgehead atoms. The summed E-state index contributed by atoms with van der Waals surface area (Å²) in [5, 5.41) is 12.4. The number of alkyl carbamates (subject to hydrolysis) is 1. The highest BCUT2D eigenvalue weighted by molar-refractivity contribution is 5.91. The highest BCUT2D eigenvalue weighted by atomic mass is 16.5. The average molecular weight is 447 g/mol. The maximum absolute atomic E-state index is 12.9. The number of nitrogens with zero attached hydrogens (tertiary/aromatic N) is 1. The van der Waals surface area contributed by atoms with Crippen LogP contribution in [-0.2, 0) is 14.3 Å². The van der Waals surface area contributed by atoms with Gasteiger partial charge in [0.1, 0.15) is 12.1 Å². The molecule has 0 spiro atoms. The van der Waals surface area contributed by atoms with Gasteiger partial charge in [-0.15, -0.1) is 0 Å². The number of ether oxygens (including phenoxy) is 1. The Morgan fingerprint density at radius 2 is 1.67 bits per heavy atom. The summed E-state index contributed by atoms with van der Waals surface area (Å²) in [5.41, 5.74) is 3.71.